The number of aryl methyl sites for hydroxylation is 1. The zero-order chi connectivity index (χ0) is 12.3. The number of nitrogens with one attached hydrogen (secondary N) is 1. The highest BCUT2D eigenvalue weighted by molar-refractivity contribution is 7.11. The molecule has 2 aromatic rings. The molecule has 0 saturated carbocycles. The Kier molecular flexibility index (Phi) is 3.49. The largest absolute Gasteiger partial charge is 0.345 e. The molecule has 2 aromatic heterocycles. The monoisotopic (exact) mass is 247 g/mol. The highest BCUT2D eigenvalue weighted by atomic mass is 32.1. The van der Waals surface area contributed by atoms with Crippen molar-refractivity contribution in [1.29, 1.82) is 0 Å². The average molecular weight is 247 g/mol. The van der Waals surface area contributed by atoms with Crippen LogP contribution < -0.4 is 5.32 Å². The Bertz CT molecular complexity index is 509. The van der Waals surface area contributed by atoms with Crippen molar-refractivity contribution in [3.63, 3.8) is 0 Å². The molecular formula is C12H13N3OS. The number of hydrogen-bond donors (Lipinski definition) is 1. The second-order valence-corrected chi connectivity index (χ2v) is 4.60. The molecule has 2 heterocycles. The molecule has 5 heteroatoms. The molecule has 0 saturated heterocycles. The molecule has 0 unspecified atom stereocenters. The summed E-state index contributed by atoms with van der Waals surface area (Å²) in [6.45, 7) is 3.78. The van der Waals surface area contributed by atoms with Crippen molar-refractivity contribution in [2.24, 2.45) is 0 Å². The summed E-state index contributed by atoms with van der Waals surface area (Å²) in [4.78, 5) is 20.6. The highest BCUT2D eigenvalue weighted by Crippen LogP contribution is 2.15. The third-order valence-corrected chi connectivity index (χ3v) is 3.43. The van der Waals surface area contributed by atoms with Gasteiger partial charge in [0.05, 0.1) is 17.2 Å². The number of amides is 1. The summed E-state index contributed by atoms with van der Waals surface area (Å²) in [7, 11) is 0. The smallest absolute Gasteiger partial charge is 0.263 e. The summed E-state index contributed by atoms with van der Waals surface area (Å²) < 4.78 is 0. The number of hydrogen-bond acceptors (Lipinski definition) is 4. The summed E-state index contributed by atoms with van der Waals surface area (Å²) in [5.41, 5.74) is 3.49. The van der Waals surface area contributed by atoms with E-state index in [4.69, 9.17) is 0 Å². The fourth-order valence-corrected chi connectivity index (χ4v) is 2.22. The number of carbonyl (C=O) groups is 1. The third-order valence-electron chi connectivity index (χ3n) is 2.51. The van der Waals surface area contributed by atoms with Crippen LogP contribution in [-0.2, 0) is 0 Å². The Balaban J connectivity index is 2.08. The molecule has 17 heavy (non-hydrogen) atoms. The van der Waals surface area contributed by atoms with Crippen LogP contribution >= 0.6 is 11.3 Å². The molecule has 2 rings (SSSR count). The van der Waals surface area contributed by atoms with Gasteiger partial charge in [-0.25, -0.2) is 4.98 Å². The Morgan fingerprint density at radius 1 is 1.41 bits per heavy atom. The van der Waals surface area contributed by atoms with Gasteiger partial charge in [-0.3, -0.25) is 9.78 Å². The summed E-state index contributed by atoms with van der Waals surface area (Å²) >= 11 is 1.36. The van der Waals surface area contributed by atoms with E-state index in [0.717, 1.165) is 11.3 Å². The van der Waals surface area contributed by atoms with Crippen molar-refractivity contribution in [2.45, 2.75) is 19.9 Å². The molecule has 0 bridgehead atoms. The number of rotatable bonds is 3. The van der Waals surface area contributed by atoms with Crippen molar-refractivity contribution in [1.82, 2.24) is 15.3 Å². The van der Waals surface area contributed by atoms with Crippen LogP contribution in [0.4, 0.5) is 0 Å². The molecule has 0 fully saturated rings. The quantitative estimate of drug-likeness (QED) is 0.905. The maximum Gasteiger partial charge on any atom is 0.263 e. The molecule has 88 valence electrons. The SMILES string of the molecule is Cc1ncsc1C(=O)N[C@@H](C)c1ccncc1. The van der Waals surface area contributed by atoms with Crippen LogP contribution in [0.15, 0.2) is 30.0 Å². The lowest BCUT2D eigenvalue weighted by atomic mass is 10.1. The van der Waals surface area contributed by atoms with Crippen LogP contribution in [0.1, 0.15) is 33.9 Å². The van der Waals surface area contributed by atoms with Crippen molar-refractivity contribution < 1.29 is 4.79 Å². The van der Waals surface area contributed by atoms with Crippen molar-refractivity contribution in [3.8, 4) is 0 Å². The predicted octanol–water partition coefficient (Wildman–Crippen LogP) is 2.34. The topological polar surface area (TPSA) is 54.9 Å². The van der Waals surface area contributed by atoms with E-state index < -0.39 is 0 Å². The molecule has 1 atom stereocenters. The molecule has 0 spiro atoms. The van der Waals surface area contributed by atoms with E-state index >= 15 is 0 Å². The van der Waals surface area contributed by atoms with E-state index in [1.165, 1.54) is 11.3 Å². The number of pyridine rings is 1. The standard InChI is InChI=1S/C12H13N3OS/c1-8(10-3-5-13-6-4-10)15-12(16)11-9(2)14-7-17-11/h3-8H,1-2H3,(H,15,16)/t8-/m0/s1. The van der Waals surface area contributed by atoms with Crippen molar-refractivity contribution in [2.75, 3.05) is 0 Å². The first-order valence-electron chi connectivity index (χ1n) is 5.29. The summed E-state index contributed by atoms with van der Waals surface area (Å²) in [5.74, 6) is -0.0747. The van der Waals surface area contributed by atoms with Crippen LogP contribution in [0.2, 0.25) is 0 Å². The van der Waals surface area contributed by atoms with Gasteiger partial charge in [0.1, 0.15) is 4.88 Å². The van der Waals surface area contributed by atoms with Crippen LogP contribution in [-0.4, -0.2) is 15.9 Å². The van der Waals surface area contributed by atoms with Crippen LogP contribution in [0.3, 0.4) is 0 Å². The Morgan fingerprint density at radius 2 is 2.12 bits per heavy atom. The summed E-state index contributed by atoms with van der Waals surface area (Å²) in [6.07, 6.45) is 3.44. The van der Waals surface area contributed by atoms with Gasteiger partial charge in [-0.15, -0.1) is 11.3 Å². The van der Waals surface area contributed by atoms with Gasteiger partial charge >= 0.3 is 0 Å². The van der Waals surface area contributed by atoms with Gasteiger partial charge in [-0.05, 0) is 31.5 Å². The van der Waals surface area contributed by atoms with Crippen LogP contribution in [0, 0.1) is 6.92 Å². The average Bonchev–Trinajstić information content (AvgIpc) is 2.76. The zero-order valence-electron chi connectivity index (χ0n) is 9.68. The van der Waals surface area contributed by atoms with E-state index in [-0.39, 0.29) is 11.9 Å². The molecule has 0 aliphatic carbocycles. The summed E-state index contributed by atoms with van der Waals surface area (Å²) in [6, 6.07) is 3.75. The van der Waals surface area contributed by atoms with Crippen LogP contribution in [0.5, 0.6) is 0 Å². The van der Waals surface area contributed by atoms with Gasteiger partial charge in [0.15, 0.2) is 0 Å². The first-order valence-corrected chi connectivity index (χ1v) is 6.17. The maximum atomic E-state index is 12.0. The lowest BCUT2D eigenvalue weighted by Crippen LogP contribution is -2.26. The van der Waals surface area contributed by atoms with E-state index in [1.807, 2.05) is 26.0 Å². The van der Waals surface area contributed by atoms with Gasteiger partial charge in [0.25, 0.3) is 5.91 Å². The summed E-state index contributed by atoms with van der Waals surface area (Å²) in [5, 5.41) is 2.94. The van der Waals surface area contributed by atoms with Crippen LogP contribution in [0.25, 0.3) is 0 Å². The number of carbonyl (C=O) groups excluding carboxylic acids is 1. The Labute approximate surface area is 104 Å². The minimum absolute atomic E-state index is 0.0352. The minimum Gasteiger partial charge on any atom is -0.345 e. The molecule has 1 amide bonds. The molecule has 0 aliphatic rings. The van der Waals surface area contributed by atoms with Crippen molar-refractivity contribution >= 4 is 17.2 Å². The molecule has 0 aromatic carbocycles. The van der Waals surface area contributed by atoms with Crippen molar-refractivity contribution in [3.05, 3.63) is 46.2 Å². The maximum absolute atomic E-state index is 12.0. The third kappa shape index (κ3) is 2.68. The molecule has 1 N–H and O–H groups in total. The van der Waals surface area contributed by atoms with E-state index in [9.17, 15) is 4.79 Å². The second kappa shape index (κ2) is 5.05. The van der Waals surface area contributed by atoms with Gasteiger partial charge in [-0.2, -0.15) is 0 Å². The van der Waals surface area contributed by atoms with E-state index in [1.54, 1.807) is 17.9 Å². The van der Waals surface area contributed by atoms with Gasteiger partial charge in [0, 0.05) is 12.4 Å². The molecule has 4 nitrogen and oxygen atoms in total. The lowest BCUT2D eigenvalue weighted by molar-refractivity contribution is 0.0943. The first kappa shape index (κ1) is 11.7. The van der Waals surface area contributed by atoms with Gasteiger partial charge in [0.2, 0.25) is 0 Å². The second-order valence-electron chi connectivity index (χ2n) is 3.74. The highest BCUT2D eigenvalue weighted by Gasteiger charge is 2.14. The fraction of sp³-hybridized carbons (Fsp3) is 0.250. The Morgan fingerprint density at radius 3 is 2.71 bits per heavy atom. The Hall–Kier alpha value is -1.75. The number of thiazole rings is 1. The van der Waals surface area contributed by atoms with E-state index in [0.29, 0.717) is 4.88 Å². The molecular weight excluding hydrogens is 234 g/mol. The molecule has 0 aliphatic heterocycles. The molecule has 0 radical (unpaired) electrons. The first-order chi connectivity index (χ1) is 8.18. The minimum atomic E-state index is -0.0747. The van der Waals surface area contributed by atoms with Gasteiger partial charge in [-0.1, -0.05) is 0 Å². The number of nitrogens with zero attached hydrogens (tertiary/aromatic N) is 2. The number of aromatic nitrogens is 2. The normalized spacial score (nSPS) is 12.1. The lowest BCUT2D eigenvalue weighted by Gasteiger charge is -2.13. The van der Waals surface area contributed by atoms with E-state index in [2.05, 4.69) is 15.3 Å². The van der Waals surface area contributed by atoms with Gasteiger partial charge < -0.3 is 5.32 Å². The fourth-order valence-electron chi connectivity index (χ4n) is 1.52. The predicted molar refractivity (Wildman–Crippen MR) is 67.0 cm³/mol. The zero-order valence-corrected chi connectivity index (χ0v) is 10.5.